The Hall–Kier alpha value is -0.990. The van der Waals surface area contributed by atoms with E-state index in [-0.39, 0.29) is 11.2 Å². The summed E-state index contributed by atoms with van der Waals surface area (Å²) in [4.78, 5) is 23.7. The van der Waals surface area contributed by atoms with Gasteiger partial charge in [-0.05, 0) is 110 Å². The molecule has 0 spiro atoms. The zero-order valence-corrected chi connectivity index (χ0v) is 21.5. The first-order valence-corrected chi connectivity index (χ1v) is 13.7. The summed E-state index contributed by atoms with van der Waals surface area (Å²) in [7, 11) is 0. The molecule has 4 rings (SSSR count). The standard InChI is InChI=1S/C29H47NO2/c1-7-20(18(2)3)9-8-19(4)23-12-13-24-22-11-10-21-16-27(31)26(30-32)17-29(21,6)25(22)14-15-28(23,24)5/h16,18-20,22-26H,7-15,17H2,1-6H3/t19-,20?,22+,23-,24+,25+,26?,28-,29+/m1/s1. The predicted molar refractivity (Wildman–Crippen MR) is 132 cm³/mol. The van der Waals surface area contributed by atoms with Crippen LogP contribution in [-0.4, -0.2) is 11.8 Å². The van der Waals surface area contributed by atoms with Gasteiger partial charge in [0, 0.05) is 0 Å². The maximum atomic E-state index is 12.3. The molecule has 4 aliphatic carbocycles. The summed E-state index contributed by atoms with van der Waals surface area (Å²) in [5.41, 5.74) is 1.81. The Bertz CT molecular complexity index is 756. The Balaban J connectivity index is 1.50. The minimum absolute atomic E-state index is 0.00600. The highest BCUT2D eigenvalue weighted by Gasteiger charge is 2.60. The Morgan fingerprint density at radius 2 is 1.81 bits per heavy atom. The molecule has 0 bridgehead atoms. The van der Waals surface area contributed by atoms with Crippen LogP contribution < -0.4 is 0 Å². The lowest BCUT2D eigenvalue weighted by Gasteiger charge is -2.58. The highest BCUT2D eigenvalue weighted by Crippen LogP contribution is 2.67. The smallest absolute Gasteiger partial charge is 0.183 e. The zero-order chi connectivity index (χ0) is 23.3. The van der Waals surface area contributed by atoms with Gasteiger partial charge in [-0.25, -0.2) is 0 Å². The van der Waals surface area contributed by atoms with E-state index in [0.29, 0.717) is 17.8 Å². The van der Waals surface area contributed by atoms with E-state index in [1.54, 1.807) is 0 Å². The van der Waals surface area contributed by atoms with Crippen molar-refractivity contribution >= 4 is 5.78 Å². The van der Waals surface area contributed by atoms with E-state index in [1.165, 1.54) is 56.9 Å². The van der Waals surface area contributed by atoms with Crippen molar-refractivity contribution in [3.63, 3.8) is 0 Å². The molecular weight excluding hydrogens is 394 g/mol. The van der Waals surface area contributed by atoms with Gasteiger partial charge in [-0.2, -0.15) is 4.91 Å². The van der Waals surface area contributed by atoms with Crippen molar-refractivity contribution < 1.29 is 4.79 Å². The highest BCUT2D eigenvalue weighted by molar-refractivity contribution is 5.96. The molecule has 180 valence electrons. The highest BCUT2D eigenvalue weighted by atomic mass is 16.3. The molecule has 3 nitrogen and oxygen atoms in total. The van der Waals surface area contributed by atoms with Crippen LogP contribution in [0.25, 0.3) is 0 Å². The summed E-state index contributed by atoms with van der Waals surface area (Å²) >= 11 is 0. The van der Waals surface area contributed by atoms with Crippen molar-refractivity contribution in [3.8, 4) is 0 Å². The lowest BCUT2D eigenvalue weighted by molar-refractivity contribution is -0.119. The van der Waals surface area contributed by atoms with Crippen molar-refractivity contribution in [3.05, 3.63) is 16.6 Å². The van der Waals surface area contributed by atoms with Crippen molar-refractivity contribution in [2.75, 3.05) is 0 Å². The van der Waals surface area contributed by atoms with Crippen LogP contribution in [-0.2, 0) is 4.79 Å². The second kappa shape index (κ2) is 8.99. The lowest BCUT2D eigenvalue weighted by atomic mass is 9.46. The number of rotatable bonds is 7. The molecule has 4 aliphatic rings. The molecule has 0 aromatic heterocycles. The van der Waals surface area contributed by atoms with Gasteiger partial charge in [0.1, 0.15) is 0 Å². The monoisotopic (exact) mass is 441 g/mol. The average Bonchev–Trinajstić information content (AvgIpc) is 3.11. The van der Waals surface area contributed by atoms with E-state index in [1.807, 2.05) is 6.08 Å². The molecular formula is C29H47NO2. The van der Waals surface area contributed by atoms with Gasteiger partial charge < -0.3 is 0 Å². The number of hydrogen-bond acceptors (Lipinski definition) is 3. The molecule has 0 aliphatic heterocycles. The van der Waals surface area contributed by atoms with Gasteiger partial charge in [0.25, 0.3) is 0 Å². The Morgan fingerprint density at radius 1 is 1.06 bits per heavy atom. The Labute approximate surface area is 196 Å². The lowest BCUT2D eigenvalue weighted by Crippen LogP contribution is -2.52. The number of nitroso groups, excluding NO2 is 1. The van der Waals surface area contributed by atoms with Gasteiger partial charge in [-0.1, -0.05) is 65.1 Å². The number of allylic oxidation sites excluding steroid dienone is 1. The summed E-state index contributed by atoms with van der Waals surface area (Å²) in [6.07, 6.45) is 14.2. The first-order valence-electron chi connectivity index (χ1n) is 13.7. The fourth-order valence-electron chi connectivity index (χ4n) is 9.37. The van der Waals surface area contributed by atoms with E-state index in [2.05, 4.69) is 46.7 Å². The van der Waals surface area contributed by atoms with Gasteiger partial charge >= 0.3 is 0 Å². The van der Waals surface area contributed by atoms with Crippen molar-refractivity contribution in [2.45, 2.75) is 112 Å². The summed E-state index contributed by atoms with van der Waals surface area (Å²) in [6.45, 7) is 14.7. The quantitative estimate of drug-likeness (QED) is 0.376. The fraction of sp³-hybridized carbons (Fsp3) is 0.897. The minimum Gasteiger partial charge on any atom is -0.292 e. The van der Waals surface area contributed by atoms with Crippen LogP contribution >= 0.6 is 0 Å². The van der Waals surface area contributed by atoms with E-state index >= 15 is 0 Å². The third-order valence-electron chi connectivity index (χ3n) is 11.3. The van der Waals surface area contributed by atoms with E-state index in [9.17, 15) is 9.70 Å². The fourth-order valence-corrected chi connectivity index (χ4v) is 9.37. The van der Waals surface area contributed by atoms with Gasteiger partial charge in [0.2, 0.25) is 0 Å². The van der Waals surface area contributed by atoms with Crippen molar-refractivity contribution in [2.24, 2.45) is 57.4 Å². The van der Waals surface area contributed by atoms with Crippen LogP contribution in [0.4, 0.5) is 0 Å². The number of hydrogen-bond donors (Lipinski definition) is 0. The number of fused-ring (bicyclic) bond motifs is 5. The molecule has 0 amide bonds. The average molecular weight is 442 g/mol. The van der Waals surface area contributed by atoms with Gasteiger partial charge in [0.05, 0.1) is 0 Å². The van der Waals surface area contributed by atoms with Crippen molar-refractivity contribution in [1.82, 2.24) is 0 Å². The number of carbonyl (C=O) groups is 1. The largest absolute Gasteiger partial charge is 0.292 e. The zero-order valence-electron chi connectivity index (χ0n) is 21.5. The molecule has 0 aromatic carbocycles. The van der Waals surface area contributed by atoms with Crippen LogP contribution in [0, 0.1) is 57.2 Å². The van der Waals surface area contributed by atoms with E-state index < -0.39 is 6.04 Å². The van der Waals surface area contributed by atoms with Crippen molar-refractivity contribution in [1.29, 1.82) is 0 Å². The second-order valence-corrected chi connectivity index (χ2v) is 12.9. The van der Waals surface area contributed by atoms with E-state index in [0.717, 1.165) is 41.9 Å². The Kier molecular flexibility index (Phi) is 6.78. The first-order chi connectivity index (χ1) is 15.2. The molecule has 3 saturated carbocycles. The van der Waals surface area contributed by atoms with E-state index in [4.69, 9.17) is 0 Å². The molecule has 0 heterocycles. The molecule has 3 heteroatoms. The molecule has 0 radical (unpaired) electrons. The molecule has 9 atom stereocenters. The molecule has 0 aromatic rings. The van der Waals surface area contributed by atoms with Crippen LogP contribution in [0.1, 0.15) is 106 Å². The minimum atomic E-state index is -0.653. The maximum absolute atomic E-state index is 12.3. The summed E-state index contributed by atoms with van der Waals surface area (Å²) in [5.74, 6) is 5.50. The second-order valence-electron chi connectivity index (χ2n) is 12.9. The van der Waals surface area contributed by atoms with Crippen LogP contribution in [0.15, 0.2) is 16.8 Å². The third kappa shape index (κ3) is 3.84. The van der Waals surface area contributed by atoms with Crippen LogP contribution in [0.3, 0.4) is 0 Å². The molecule has 32 heavy (non-hydrogen) atoms. The van der Waals surface area contributed by atoms with Gasteiger partial charge in [-0.15, -0.1) is 0 Å². The topological polar surface area (TPSA) is 46.5 Å². The van der Waals surface area contributed by atoms with Gasteiger partial charge in [0.15, 0.2) is 11.8 Å². The summed E-state index contributed by atoms with van der Waals surface area (Å²) in [6, 6.07) is -0.653. The molecule has 2 unspecified atom stereocenters. The predicted octanol–water partition coefficient (Wildman–Crippen LogP) is 7.98. The third-order valence-corrected chi connectivity index (χ3v) is 11.3. The number of ketones is 1. The summed E-state index contributed by atoms with van der Waals surface area (Å²) in [5, 5.41) is 3.23. The molecule has 3 fully saturated rings. The molecule has 0 N–H and O–H groups in total. The number of nitrogens with zero attached hydrogens (tertiary/aromatic N) is 1. The van der Waals surface area contributed by atoms with Gasteiger partial charge in [-0.3, -0.25) is 4.79 Å². The Morgan fingerprint density at radius 3 is 2.47 bits per heavy atom. The van der Waals surface area contributed by atoms with Crippen LogP contribution in [0.5, 0.6) is 0 Å². The first kappa shape index (κ1) is 24.1. The normalized spacial score (nSPS) is 43.2. The van der Waals surface area contributed by atoms with Crippen LogP contribution in [0.2, 0.25) is 0 Å². The summed E-state index contributed by atoms with van der Waals surface area (Å²) < 4.78 is 0. The SMILES string of the molecule is CCC(CC[C@@H](C)[C@H]1CC[C@H]2[C@@H]3CCC4=CC(=O)C(N=O)C[C@]4(C)[C@H]3CC[C@]12C)C(C)C. The maximum Gasteiger partial charge on any atom is 0.183 e. The number of carbonyl (C=O) groups excluding carboxylic acids is 1. The molecule has 0 saturated heterocycles.